The first-order valence-electron chi connectivity index (χ1n) is 6.49. The highest BCUT2D eigenvalue weighted by Crippen LogP contribution is 2.15. The second kappa shape index (κ2) is 6.12. The summed E-state index contributed by atoms with van der Waals surface area (Å²) in [6, 6.07) is 4.58. The van der Waals surface area contributed by atoms with Gasteiger partial charge in [0.15, 0.2) is 0 Å². The molecule has 1 aromatic rings. The fourth-order valence-electron chi connectivity index (χ4n) is 2.09. The van der Waals surface area contributed by atoms with Gasteiger partial charge in [-0.15, -0.1) is 0 Å². The molecule has 0 spiro atoms. The van der Waals surface area contributed by atoms with Crippen molar-refractivity contribution in [1.29, 1.82) is 0 Å². The number of hydrogen-bond donors (Lipinski definition) is 1. The summed E-state index contributed by atoms with van der Waals surface area (Å²) in [5.74, 6) is -0.560. The van der Waals surface area contributed by atoms with Crippen molar-refractivity contribution in [3.63, 3.8) is 0 Å². The normalized spacial score (nSPS) is 20.3. The van der Waals surface area contributed by atoms with Gasteiger partial charge in [0.1, 0.15) is 11.9 Å². The number of ether oxygens (including phenoxy) is 1. The van der Waals surface area contributed by atoms with Crippen LogP contribution in [0.15, 0.2) is 18.2 Å². The Morgan fingerprint density at radius 3 is 3.00 bits per heavy atom. The van der Waals surface area contributed by atoms with E-state index in [0.717, 1.165) is 18.5 Å². The van der Waals surface area contributed by atoms with Crippen molar-refractivity contribution >= 4 is 11.6 Å². The lowest BCUT2D eigenvalue weighted by Crippen LogP contribution is -2.46. The standard InChI is InChI=1S/C14H19FN2O2/c1-3-10-6-11(15)8-12(7-10)16-14(18)13-9-17(2)4-5-19-13/h6-8,13H,3-5,9H2,1-2H3,(H,16,18). The number of anilines is 1. The lowest BCUT2D eigenvalue weighted by molar-refractivity contribution is -0.132. The minimum absolute atomic E-state index is 0.223. The molecule has 1 aliphatic rings. The van der Waals surface area contributed by atoms with E-state index in [2.05, 4.69) is 5.32 Å². The minimum Gasteiger partial charge on any atom is -0.366 e. The number of nitrogens with one attached hydrogen (secondary N) is 1. The van der Waals surface area contributed by atoms with E-state index in [1.807, 2.05) is 18.9 Å². The van der Waals surface area contributed by atoms with Crippen LogP contribution in [0, 0.1) is 5.82 Å². The number of benzene rings is 1. The van der Waals surface area contributed by atoms with E-state index >= 15 is 0 Å². The fourth-order valence-corrected chi connectivity index (χ4v) is 2.09. The summed E-state index contributed by atoms with van der Waals surface area (Å²) in [5.41, 5.74) is 1.34. The molecular weight excluding hydrogens is 247 g/mol. The number of carbonyl (C=O) groups is 1. The highest BCUT2D eigenvalue weighted by atomic mass is 19.1. The lowest BCUT2D eigenvalue weighted by Gasteiger charge is -2.29. The van der Waals surface area contributed by atoms with Crippen LogP contribution in [0.25, 0.3) is 0 Å². The largest absolute Gasteiger partial charge is 0.366 e. The molecule has 1 saturated heterocycles. The first kappa shape index (κ1) is 14.0. The smallest absolute Gasteiger partial charge is 0.254 e. The van der Waals surface area contributed by atoms with E-state index in [0.29, 0.717) is 18.8 Å². The second-order valence-corrected chi connectivity index (χ2v) is 4.81. The van der Waals surface area contributed by atoms with Gasteiger partial charge >= 0.3 is 0 Å². The monoisotopic (exact) mass is 266 g/mol. The Bertz CT molecular complexity index is 465. The van der Waals surface area contributed by atoms with E-state index in [1.165, 1.54) is 12.1 Å². The van der Waals surface area contributed by atoms with Gasteiger partial charge in [0.25, 0.3) is 5.91 Å². The van der Waals surface area contributed by atoms with Crippen molar-refractivity contribution < 1.29 is 13.9 Å². The molecule has 1 heterocycles. The third-order valence-corrected chi connectivity index (χ3v) is 3.20. The molecule has 2 rings (SSSR count). The average molecular weight is 266 g/mol. The van der Waals surface area contributed by atoms with Gasteiger partial charge in [0, 0.05) is 18.8 Å². The molecule has 0 bridgehead atoms. The van der Waals surface area contributed by atoms with Crippen LogP contribution in [0.2, 0.25) is 0 Å². The van der Waals surface area contributed by atoms with Crippen molar-refractivity contribution in [2.75, 3.05) is 32.1 Å². The average Bonchev–Trinajstić information content (AvgIpc) is 2.38. The molecule has 1 fully saturated rings. The van der Waals surface area contributed by atoms with Crippen LogP contribution >= 0.6 is 0 Å². The topological polar surface area (TPSA) is 41.6 Å². The molecule has 1 atom stereocenters. The third-order valence-electron chi connectivity index (χ3n) is 3.20. The summed E-state index contributed by atoms with van der Waals surface area (Å²) in [6.07, 6.45) is 0.232. The summed E-state index contributed by atoms with van der Waals surface area (Å²) in [4.78, 5) is 14.1. The Hall–Kier alpha value is -1.46. The predicted octanol–water partition coefficient (Wildman–Crippen LogP) is 1.66. The van der Waals surface area contributed by atoms with E-state index < -0.39 is 6.10 Å². The van der Waals surface area contributed by atoms with Gasteiger partial charge in [-0.05, 0) is 37.2 Å². The van der Waals surface area contributed by atoms with Crippen LogP contribution in [-0.2, 0) is 16.0 Å². The Kier molecular flexibility index (Phi) is 4.50. The van der Waals surface area contributed by atoms with Gasteiger partial charge in [-0.25, -0.2) is 4.39 Å². The predicted molar refractivity (Wildman–Crippen MR) is 71.6 cm³/mol. The highest BCUT2D eigenvalue weighted by Gasteiger charge is 2.24. The van der Waals surface area contributed by atoms with Crippen LogP contribution in [0.3, 0.4) is 0 Å². The van der Waals surface area contributed by atoms with Gasteiger partial charge in [-0.1, -0.05) is 6.92 Å². The quantitative estimate of drug-likeness (QED) is 0.904. The fraction of sp³-hybridized carbons (Fsp3) is 0.500. The number of hydrogen-bond acceptors (Lipinski definition) is 3. The maximum Gasteiger partial charge on any atom is 0.254 e. The zero-order valence-electron chi connectivity index (χ0n) is 11.3. The molecule has 5 heteroatoms. The third kappa shape index (κ3) is 3.75. The van der Waals surface area contributed by atoms with E-state index in [4.69, 9.17) is 4.74 Å². The van der Waals surface area contributed by atoms with Crippen LogP contribution < -0.4 is 5.32 Å². The molecular formula is C14H19FN2O2. The van der Waals surface area contributed by atoms with Crippen molar-refractivity contribution in [3.8, 4) is 0 Å². The molecule has 1 aliphatic heterocycles. The summed E-state index contributed by atoms with van der Waals surface area (Å²) in [6.45, 7) is 3.86. The van der Waals surface area contributed by atoms with Crippen molar-refractivity contribution in [1.82, 2.24) is 4.90 Å². The zero-order valence-corrected chi connectivity index (χ0v) is 11.3. The van der Waals surface area contributed by atoms with E-state index in [-0.39, 0.29) is 11.7 Å². The summed E-state index contributed by atoms with van der Waals surface area (Å²) < 4.78 is 18.8. The maximum atomic E-state index is 13.4. The number of morpholine rings is 1. The molecule has 0 aromatic heterocycles. The molecule has 19 heavy (non-hydrogen) atoms. The molecule has 1 unspecified atom stereocenters. The summed E-state index contributed by atoms with van der Waals surface area (Å²) in [7, 11) is 1.94. The van der Waals surface area contributed by atoms with Crippen LogP contribution in [0.1, 0.15) is 12.5 Å². The number of halogens is 1. The van der Waals surface area contributed by atoms with Gasteiger partial charge in [-0.2, -0.15) is 0 Å². The zero-order chi connectivity index (χ0) is 13.8. The van der Waals surface area contributed by atoms with E-state index in [9.17, 15) is 9.18 Å². The minimum atomic E-state index is -0.493. The molecule has 0 saturated carbocycles. The lowest BCUT2D eigenvalue weighted by atomic mass is 10.1. The van der Waals surface area contributed by atoms with Gasteiger partial charge in [0.2, 0.25) is 0 Å². The molecule has 1 N–H and O–H groups in total. The number of amides is 1. The highest BCUT2D eigenvalue weighted by molar-refractivity contribution is 5.94. The molecule has 1 aromatic carbocycles. The first-order valence-corrected chi connectivity index (χ1v) is 6.49. The van der Waals surface area contributed by atoms with Gasteiger partial charge in [0.05, 0.1) is 6.61 Å². The van der Waals surface area contributed by atoms with Crippen LogP contribution in [0.5, 0.6) is 0 Å². The molecule has 0 aliphatic carbocycles. The number of rotatable bonds is 3. The van der Waals surface area contributed by atoms with Crippen LogP contribution in [0.4, 0.5) is 10.1 Å². The number of carbonyl (C=O) groups excluding carboxylic acids is 1. The Labute approximate surface area is 112 Å². The van der Waals surface area contributed by atoms with Crippen molar-refractivity contribution in [2.45, 2.75) is 19.4 Å². The van der Waals surface area contributed by atoms with Gasteiger partial charge < -0.3 is 15.0 Å². The molecule has 104 valence electrons. The van der Waals surface area contributed by atoms with Crippen molar-refractivity contribution in [3.05, 3.63) is 29.6 Å². The SMILES string of the molecule is CCc1cc(F)cc(NC(=O)C2CN(C)CCO2)c1. The summed E-state index contributed by atoms with van der Waals surface area (Å²) in [5, 5.41) is 2.72. The van der Waals surface area contributed by atoms with Gasteiger partial charge in [-0.3, -0.25) is 4.79 Å². The molecule has 0 radical (unpaired) electrons. The van der Waals surface area contributed by atoms with E-state index in [1.54, 1.807) is 6.07 Å². The van der Waals surface area contributed by atoms with Crippen LogP contribution in [-0.4, -0.2) is 43.7 Å². The number of aryl methyl sites for hydroxylation is 1. The number of nitrogens with zero attached hydrogens (tertiary/aromatic N) is 1. The first-order chi connectivity index (χ1) is 9.08. The number of likely N-dealkylation sites (N-methyl/N-ethyl adjacent to an activating group) is 1. The Balaban J connectivity index is 2.03. The maximum absolute atomic E-state index is 13.4. The Morgan fingerprint density at radius 2 is 2.32 bits per heavy atom. The molecule has 1 amide bonds. The van der Waals surface area contributed by atoms with Crippen molar-refractivity contribution in [2.24, 2.45) is 0 Å². The Morgan fingerprint density at radius 1 is 1.53 bits per heavy atom. The summed E-state index contributed by atoms with van der Waals surface area (Å²) >= 11 is 0. The molecule has 4 nitrogen and oxygen atoms in total. The second-order valence-electron chi connectivity index (χ2n) is 4.81.